The van der Waals surface area contributed by atoms with Crippen molar-refractivity contribution in [2.75, 3.05) is 20.1 Å². The molecule has 0 N–H and O–H groups in total. The van der Waals surface area contributed by atoms with E-state index >= 15 is 0 Å². The number of nitrogens with zero attached hydrogens (tertiary/aromatic N) is 4. The fourth-order valence-electron chi connectivity index (χ4n) is 3.00. The topological polar surface area (TPSA) is 65.3 Å². The number of benzene rings is 1. The minimum atomic E-state index is 0.221. The van der Waals surface area contributed by atoms with Crippen molar-refractivity contribution < 1.29 is 9.59 Å². The van der Waals surface area contributed by atoms with Crippen LogP contribution in [0.3, 0.4) is 0 Å². The first kappa shape index (κ1) is 21.6. The third-order valence-electron chi connectivity index (χ3n) is 4.43. The van der Waals surface area contributed by atoms with E-state index in [0.29, 0.717) is 48.8 Å². The summed E-state index contributed by atoms with van der Waals surface area (Å²) in [6, 6.07) is 7.43. The van der Waals surface area contributed by atoms with Crippen LogP contribution >= 0.6 is 11.6 Å². The molecule has 2 rings (SSSR count). The molecule has 1 unspecified atom stereocenters. The van der Waals surface area contributed by atoms with Crippen LogP contribution in [0, 0.1) is 5.92 Å². The Bertz CT molecular complexity index is 799. The lowest BCUT2D eigenvalue weighted by atomic mass is 10.0. The molecule has 0 aromatic heterocycles. The van der Waals surface area contributed by atoms with Crippen LogP contribution in [0.5, 0.6) is 0 Å². The summed E-state index contributed by atoms with van der Waals surface area (Å²) in [6.45, 7) is 7.47. The maximum Gasteiger partial charge on any atom is 0.215 e. The van der Waals surface area contributed by atoms with E-state index < -0.39 is 0 Å². The Morgan fingerprint density at radius 2 is 2.07 bits per heavy atom. The highest BCUT2D eigenvalue weighted by atomic mass is 35.5. The summed E-state index contributed by atoms with van der Waals surface area (Å²) in [5.41, 5.74) is 2.42. The lowest BCUT2D eigenvalue weighted by Crippen LogP contribution is -2.30. The molecule has 6 nitrogen and oxygen atoms in total. The average Bonchev–Trinajstić information content (AvgIpc) is 2.70. The number of allylic oxidation sites excluding steroid dienone is 1. The van der Waals surface area contributed by atoms with Crippen LogP contribution in [-0.4, -0.2) is 55.6 Å². The SMILES string of the molecule is C=N/C(=C(/C=O)N(CCC1=CC(C)CN=C1)Cc1ccc(Cl)cc1)N(C)C=O. The highest BCUT2D eigenvalue weighted by Gasteiger charge is 2.18. The number of dihydropyridines is 1. The second-order valence-corrected chi connectivity index (χ2v) is 7.15. The van der Waals surface area contributed by atoms with Crippen molar-refractivity contribution in [2.45, 2.75) is 19.9 Å². The first-order valence-electron chi connectivity index (χ1n) is 9.02. The number of carbonyl (C=O) groups is 2. The largest absolute Gasteiger partial charge is 0.361 e. The predicted molar refractivity (Wildman–Crippen MR) is 114 cm³/mol. The van der Waals surface area contributed by atoms with Crippen molar-refractivity contribution in [1.82, 2.24) is 9.80 Å². The van der Waals surface area contributed by atoms with Gasteiger partial charge in [0.15, 0.2) is 12.1 Å². The summed E-state index contributed by atoms with van der Waals surface area (Å²) in [5, 5.41) is 0.646. The summed E-state index contributed by atoms with van der Waals surface area (Å²) in [6.07, 6.45) is 6.11. The number of aldehydes is 1. The van der Waals surface area contributed by atoms with E-state index in [2.05, 4.69) is 29.7 Å². The summed E-state index contributed by atoms with van der Waals surface area (Å²) >= 11 is 5.98. The van der Waals surface area contributed by atoms with Crippen LogP contribution in [0.1, 0.15) is 18.9 Å². The van der Waals surface area contributed by atoms with E-state index in [1.54, 1.807) is 7.05 Å². The maximum atomic E-state index is 11.9. The highest BCUT2D eigenvalue weighted by Crippen LogP contribution is 2.20. The molecule has 1 aromatic rings. The van der Waals surface area contributed by atoms with E-state index in [1.165, 1.54) is 4.90 Å². The number of amides is 1. The first-order valence-corrected chi connectivity index (χ1v) is 9.40. The lowest BCUT2D eigenvalue weighted by molar-refractivity contribution is -0.115. The van der Waals surface area contributed by atoms with Gasteiger partial charge in [-0.3, -0.25) is 14.6 Å². The highest BCUT2D eigenvalue weighted by molar-refractivity contribution is 6.30. The fraction of sp³-hybridized carbons (Fsp3) is 0.333. The molecule has 28 heavy (non-hydrogen) atoms. The molecule has 1 heterocycles. The predicted octanol–water partition coefficient (Wildman–Crippen LogP) is 3.34. The Morgan fingerprint density at radius 1 is 1.36 bits per heavy atom. The fourth-order valence-corrected chi connectivity index (χ4v) is 3.12. The zero-order chi connectivity index (χ0) is 20.5. The Morgan fingerprint density at radius 3 is 2.64 bits per heavy atom. The average molecular weight is 401 g/mol. The van der Waals surface area contributed by atoms with Crippen LogP contribution in [0.15, 0.2) is 57.4 Å². The molecule has 0 radical (unpaired) electrons. The van der Waals surface area contributed by atoms with E-state index in [0.717, 1.165) is 17.7 Å². The van der Waals surface area contributed by atoms with Gasteiger partial charge in [-0.2, -0.15) is 0 Å². The molecule has 0 saturated heterocycles. The van der Waals surface area contributed by atoms with Gasteiger partial charge in [-0.25, -0.2) is 4.99 Å². The molecular formula is C21H25ClN4O2. The molecule has 0 bridgehead atoms. The van der Waals surface area contributed by atoms with Gasteiger partial charge in [0.1, 0.15) is 5.70 Å². The van der Waals surface area contributed by atoms with Crippen molar-refractivity contribution >= 4 is 37.2 Å². The van der Waals surface area contributed by atoms with Crippen molar-refractivity contribution in [1.29, 1.82) is 0 Å². The van der Waals surface area contributed by atoms with Gasteiger partial charge < -0.3 is 9.80 Å². The van der Waals surface area contributed by atoms with E-state index in [4.69, 9.17) is 11.6 Å². The van der Waals surface area contributed by atoms with Crippen molar-refractivity contribution in [2.24, 2.45) is 15.9 Å². The minimum Gasteiger partial charge on any atom is -0.361 e. The van der Waals surface area contributed by atoms with Gasteiger partial charge in [0.25, 0.3) is 0 Å². The molecule has 0 saturated carbocycles. The summed E-state index contributed by atoms with van der Waals surface area (Å²) in [5.74, 6) is 0.621. The minimum absolute atomic E-state index is 0.221. The number of carbonyl (C=O) groups excluding carboxylic acids is 2. The third-order valence-corrected chi connectivity index (χ3v) is 4.68. The molecule has 1 atom stereocenters. The number of hydrogen-bond donors (Lipinski definition) is 0. The molecule has 7 heteroatoms. The molecule has 1 aliphatic rings. The summed E-state index contributed by atoms with van der Waals surface area (Å²) in [4.78, 5) is 34.6. The number of halogens is 1. The van der Waals surface area contributed by atoms with Crippen molar-refractivity contribution in [3.05, 3.63) is 58.0 Å². The van der Waals surface area contributed by atoms with Gasteiger partial charge in [0.2, 0.25) is 6.41 Å². The molecule has 0 fully saturated rings. The summed E-state index contributed by atoms with van der Waals surface area (Å²) < 4.78 is 0. The quantitative estimate of drug-likeness (QED) is 0.343. The summed E-state index contributed by atoms with van der Waals surface area (Å²) in [7, 11) is 1.54. The zero-order valence-electron chi connectivity index (χ0n) is 16.2. The molecule has 1 aromatic carbocycles. The second-order valence-electron chi connectivity index (χ2n) is 6.71. The Hall–Kier alpha value is -2.73. The van der Waals surface area contributed by atoms with Crippen LogP contribution < -0.4 is 0 Å². The number of hydrogen-bond acceptors (Lipinski definition) is 5. The molecular weight excluding hydrogens is 376 g/mol. The van der Waals surface area contributed by atoms with E-state index in [-0.39, 0.29) is 5.82 Å². The Balaban J connectivity index is 2.32. The molecule has 148 valence electrons. The van der Waals surface area contributed by atoms with E-state index in [1.807, 2.05) is 35.4 Å². The van der Waals surface area contributed by atoms with Crippen molar-refractivity contribution in [3.8, 4) is 0 Å². The number of aliphatic imine (C=N–C) groups is 2. The van der Waals surface area contributed by atoms with Crippen LogP contribution in [0.2, 0.25) is 5.02 Å². The molecule has 1 aliphatic heterocycles. The number of rotatable bonds is 10. The second kappa shape index (κ2) is 10.6. The van der Waals surface area contributed by atoms with Gasteiger partial charge in [0.05, 0.1) is 0 Å². The molecule has 0 spiro atoms. The van der Waals surface area contributed by atoms with Crippen LogP contribution in [-0.2, 0) is 16.1 Å². The maximum absolute atomic E-state index is 11.9. The molecule has 0 aliphatic carbocycles. The molecule has 1 amide bonds. The van der Waals surface area contributed by atoms with Gasteiger partial charge in [-0.15, -0.1) is 0 Å². The van der Waals surface area contributed by atoms with Crippen LogP contribution in [0.25, 0.3) is 0 Å². The standard InChI is InChI=1S/C21H25ClN4O2/c1-16-10-18(12-24-11-16)8-9-26(13-17-4-6-19(22)7-5-17)20(14-27)21(23-2)25(3)15-28/h4-7,10,12,14-16H,2,8-9,11,13H2,1,3H3/b21-20+. The van der Waals surface area contributed by atoms with Crippen LogP contribution in [0.4, 0.5) is 0 Å². The van der Waals surface area contributed by atoms with Gasteiger partial charge >= 0.3 is 0 Å². The Kier molecular flexibility index (Phi) is 8.14. The lowest BCUT2D eigenvalue weighted by Gasteiger charge is -2.28. The zero-order valence-corrected chi connectivity index (χ0v) is 17.0. The monoisotopic (exact) mass is 400 g/mol. The van der Waals surface area contributed by atoms with Gasteiger partial charge in [0, 0.05) is 37.9 Å². The van der Waals surface area contributed by atoms with Gasteiger partial charge in [-0.05, 0) is 42.3 Å². The smallest absolute Gasteiger partial charge is 0.215 e. The van der Waals surface area contributed by atoms with Gasteiger partial charge in [-0.1, -0.05) is 36.7 Å². The Labute approximate surface area is 170 Å². The first-order chi connectivity index (χ1) is 13.5. The van der Waals surface area contributed by atoms with E-state index in [9.17, 15) is 9.59 Å². The van der Waals surface area contributed by atoms with Crippen molar-refractivity contribution in [3.63, 3.8) is 0 Å². The normalized spacial score (nSPS) is 16.7. The third kappa shape index (κ3) is 5.89.